The highest BCUT2D eigenvalue weighted by Gasteiger charge is 2.30. The van der Waals surface area contributed by atoms with Gasteiger partial charge in [0.1, 0.15) is 0 Å². The molecule has 1 aromatic carbocycles. The van der Waals surface area contributed by atoms with E-state index in [-0.39, 0.29) is 0 Å². The van der Waals surface area contributed by atoms with Gasteiger partial charge in [-0.1, -0.05) is 30.3 Å². The molecule has 1 aromatic heterocycles. The smallest absolute Gasteiger partial charge is 0.0917 e. The van der Waals surface area contributed by atoms with Gasteiger partial charge in [0, 0.05) is 31.5 Å². The molecule has 0 bridgehead atoms. The van der Waals surface area contributed by atoms with Crippen LogP contribution in [0.3, 0.4) is 0 Å². The molecule has 2 aromatic rings. The maximum Gasteiger partial charge on any atom is 0.0917 e. The minimum absolute atomic E-state index is 0.399. The molecular weight excluding hydrogens is 260 g/mol. The minimum Gasteiger partial charge on any atom is -0.387 e. The minimum atomic E-state index is -0.399. The second kappa shape index (κ2) is 6.83. The number of nitrogens with zero attached hydrogens (tertiary/aromatic N) is 2. The Morgan fingerprint density at radius 3 is 2.48 bits per heavy atom. The third kappa shape index (κ3) is 4.13. The van der Waals surface area contributed by atoms with E-state index in [1.807, 2.05) is 42.7 Å². The monoisotopic (exact) mass is 282 g/mol. The van der Waals surface area contributed by atoms with E-state index in [1.165, 1.54) is 18.4 Å². The topological polar surface area (TPSA) is 36.4 Å². The molecule has 3 heteroatoms. The average molecular weight is 282 g/mol. The SMILES string of the molecule is OC(CN(CCc1ccncc1)C1CC1)c1ccccc1. The van der Waals surface area contributed by atoms with Crippen LogP contribution in [0, 0.1) is 0 Å². The predicted octanol–water partition coefficient (Wildman–Crippen LogP) is 2.82. The molecular formula is C18H22N2O. The Kier molecular flexibility index (Phi) is 4.63. The van der Waals surface area contributed by atoms with Gasteiger partial charge in [-0.3, -0.25) is 9.88 Å². The summed E-state index contributed by atoms with van der Waals surface area (Å²) in [6, 6.07) is 14.7. The fourth-order valence-electron chi connectivity index (χ4n) is 2.69. The molecule has 0 saturated heterocycles. The van der Waals surface area contributed by atoms with Crippen molar-refractivity contribution in [2.45, 2.75) is 31.4 Å². The van der Waals surface area contributed by atoms with Crippen LogP contribution in [0.5, 0.6) is 0 Å². The van der Waals surface area contributed by atoms with Gasteiger partial charge in [-0.05, 0) is 42.5 Å². The Bertz CT molecular complexity index is 540. The van der Waals surface area contributed by atoms with Gasteiger partial charge in [0.2, 0.25) is 0 Å². The molecule has 1 saturated carbocycles. The molecule has 3 rings (SSSR count). The highest BCUT2D eigenvalue weighted by Crippen LogP contribution is 2.29. The number of rotatable bonds is 7. The number of aliphatic hydroxyl groups is 1. The van der Waals surface area contributed by atoms with Crippen LogP contribution < -0.4 is 0 Å². The molecule has 3 nitrogen and oxygen atoms in total. The van der Waals surface area contributed by atoms with Crippen molar-refractivity contribution < 1.29 is 5.11 Å². The Labute approximate surface area is 126 Å². The van der Waals surface area contributed by atoms with E-state index in [0.29, 0.717) is 6.04 Å². The predicted molar refractivity (Wildman–Crippen MR) is 83.9 cm³/mol. The van der Waals surface area contributed by atoms with Crippen molar-refractivity contribution in [1.29, 1.82) is 0 Å². The first kappa shape index (κ1) is 14.2. The first-order valence-corrected chi connectivity index (χ1v) is 7.69. The van der Waals surface area contributed by atoms with E-state index in [1.54, 1.807) is 0 Å². The van der Waals surface area contributed by atoms with Gasteiger partial charge in [0.15, 0.2) is 0 Å². The highest BCUT2D eigenvalue weighted by molar-refractivity contribution is 5.18. The number of pyridine rings is 1. The average Bonchev–Trinajstić information content (AvgIpc) is 3.38. The zero-order valence-electron chi connectivity index (χ0n) is 12.2. The van der Waals surface area contributed by atoms with Crippen molar-refractivity contribution >= 4 is 0 Å². The maximum atomic E-state index is 10.4. The number of hydrogen-bond donors (Lipinski definition) is 1. The lowest BCUT2D eigenvalue weighted by atomic mass is 10.1. The molecule has 1 fully saturated rings. The van der Waals surface area contributed by atoms with Gasteiger partial charge in [0.25, 0.3) is 0 Å². The summed E-state index contributed by atoms with van der Waals surface area (Å²) in [4.78, 5) is 6.48. The van der Waals surface area contributed by atoms with Crippen molar-refractivity contribution in [3.8, 4) is 0 Å². The number of aliphatic hydroxyl groups excluding tert-OH is 1. The maximum absolute atomic E-state index is 10.4. The summed E-state index contributed by atoms with van der Waals surface area (Å²) in [7, 11) is 0. The number of benzene rings is 1. The van der Waals surface area contributed by atoms with E-state index >= 15 is 0 Å². The molecule has 1 atom stereocenters. The second-order valence-electron chi connectivity index (χ2n) is 5.76. The molecule has 0 amide bonds. The Morgan fingerprint density at radius 2 is 1.81 bits per heavy atom. The van der Waals surface area contributed by atoms with Crippen molar-refractivity contribution in [1.82, 2.24) is 9.88 Å². The van der Waals surface area contributed by atoms with Crippen molar-refractivity contribution in [3.63, 3.8) is 0 Å². The molecule has 0 spiro atoms. The lowest BCUT2D eigenvalue weighted by Gasteiger charge is -2.25. The van der Waals surface area contributed by atoms with E-state index in [0.717, 1.165) is 25.1 Å². The van der Waals surface area contributed by atoms with Crippen LogP contribution in [0.1, 0.15) is 30.1 Å². The second-order valence-corrected chi connectivity index (χ2v) is 5.76. The highest BCUT2D eigenvalue weighted by atomic mass is 16.3. The van der Waals surface area contributed by atoms with Crippen LogP contribution in [0.2, 0.25) is 0 Å². The normalized spacial score (nSPS) is 16.1. The molecule has 1 aliphatic carbocycles. The zero-order chi connectivity index (χ0) is 14.5. The van der Waals surface area contributed by atoms with Gasteiger partial charge in [-0.15, -0.1) is 0 Å². The largest absolute Gasteiger partial charge is 0.387 e. The third-order valence-corrected chi connectivity index (χ3v) is 4.09. The van der Waals surface area contributed by atoms with E-state index in [2.05, 4.69) is 22.0 Å². The molecule has 0 aliphatic heterocycles. The molecule has 0 radical (unpaired) electrons. The summed E-state index contributed by atoms with van der Waals surface area (Å²) in [6.07, 6.45) is 6.82. The van der Waals surface area contributed by atoms with Gasteiger partial charge in [-0.2, -0.15) is 0 Å². The lowest BCUT2D eigenvalue weighted by Crippen LogP contribution is -2.32. The van der Waals surface area contributed by atoms with Gasteiger partial charge in [0.05, 0.1) is 6.10 Å². The van der Waals surface area contributed by atoms with Crippen LogP contribution in [0.25, 0.3) is 0 Å². The van der Waals surface area contributed by atoms with Crippen LogP contribution in [-0.2, 0) is 6.42 Å². The summed E-state index contributed by atoms with van der Waals surface area (Å²) in [5, 5.41) is 10.4. The Balaban J connectivity index is 1.57. The van der Waals surface area contributed by atoms with Gasteiger partial charge in [-0.25, -0.2) is 0 Å². The lowest BCUT2D eigenvalue weighted by molar-refractivity contribution is 0.109. The van der Waals surface area contributed by atoms with Gasteiger partial charge >= 0.3 is 0 Å². The standard InChI is InChI=1S/C18H22N2O/c21-18(16-4-2-1-3-5-16)14-20(17-6-7-17)13-10-15-8-11-19-12-9-15/h1-5,8-9,11-12,17-18,21H,6-7,10,13-14H2. The molecule has 110 valence electrons. The summed E-state index contributed by atoms with van der Waals surface area (Å²) in [6.45, 7) is 1.72. The van der Waals surface area contributed by atoms with Crippen LogP contribution in [0.15, 0.2) is 54.9 Å². The zero-order valence-corrected chi connectivity index (χ0v) is 12.2. The molecule has 1 unspecified atom stereocenters. The molecule has 1 heterocycles. The summed E-state index contributed by atoms with van der Waals surface area (Å²) in [5.41, 5.74) is 2.32. The van der Waals surface area contributed by atoms with Crippen LogP contribution in [0.4, 0.5) is 0 Å². The van der Waals surface area contributed by atoms with Crippen molar-refractivity contribution in [2.75, 3.05) is 13.1 Å². The summed E-state index contributed by atoms with van der Waals surface area (Å²) in [5.74, 6) is 0. The first-order valence-electron chi connectivity index (χ1n) is 7.69. The first-order chi connectivity index (χ1) is 10.3. The fourth-order valence-corrected chi connectivity index (χ4v) is 2.69. The van der Waals surface area contributed by atoms with Crippen molar-refractivity contribution in [2.24, 2.45) is 0 Å². The summed E-state index contributed by atoms with van der Waals surface area (Å²) < 4.78 is 0. The summed E-state index contributed by atoms with van der Waals surface area (Å²) >= 11 is 0. The third-order valence-electron chi connectivity index (χ3n) is 4.09. The van der Waals surface area contributed by atoms with Crippen molar-refractivity contribution in [3.05, 3.63) is 66.0 Å². The molecule has 1 aliphatic rings. The quantitative estimate of drug-likeness (QED) is 0.848. The van der Waals surface area contributed by atoms with Crippen LogP contribution in [-0.4, -0.2) is 34.1 Å². The van der Waals surface area contributed by atoms with E-state index < -0.39 is 6.10 Å². The Morgan fingerprint density at radius 1 is 1.10 bits per heavy atom. The van der Waals surface area contributed by atoms with E-state index in [4.69, 9.17) is 0 Å². The molecule has 21 heavy (non-hydrogen) atoms. The molecule has 1 N–H and O–H groups in total. The fraction of sp³-hybridized carbons (Fsp3) is 0.389. The van der Waals surface area contributed by atoms with Gasteiger partial charge < -0.3 is 5.11 Å². The van der Waals surface area contributed by atoms with Crippen LogP contribution >= 0.6 is 0 Å². The number of aromatic nitrogens is 1. The Hall–Kier alpha value is -1.71. The van der Waals surface area contributed by atoms with E-state index in [9.17, 15) is 5.11 Å². The number of hydrogen-bond acceptors (Lipinski definition) is 3.